The molecule has 0 aromatic heterocycles. The zero-order chi connectivity index (χ0) is 15.4. The summed E-state index contributed by atoms with van der Waals surface area (Å²) in [5.41, 5.74) is 2.44. The molecular formula is C20H22O2. The smallest absolute Gasteiger partial charge is 0.306 e. The van der Waals surface area contributed by atoms with E-state index in [1.807, 2.05) is 12.2 Å². The summed E-state index contributed by atoms with van der Waals surface area (Å²) >= 11 is 0. The predicted octanol–water partition coefficient (Wildman–Crippen LogP) is 4.89. The summed E-state index contributed by atoms with van der Waals surface area (Å²) in [4.78, 5) is 11.6. The van der Waals surface area contributed by atoms with Crippen LogP contribution in [0.5, 0.6) is 0 Å². The first-order valence-corrected chi connectivity index (χ1v) is 8.04. The first-order chi connectivity index (χ1) is 10.7. The summed E-state index contributed by atoms with van der Waals surface area (Å²) in [6.07, 6.45) is 8.08. The number of benzene rings is 2. The Labute approximate surface area is 131 Å². The van der Waals surface area contributed by atoms with Crippen molar-refractivity contribution in [2.24, 2.45) is 5.92 Å². The molecule has 3 rings (SSSR count). The maximum Gasteiger partial charge on any atom is 0.306 e. The van der Waals surface area contributed by atoms with Gasteiger partial charge in [-0.05, 0) is 47.2 Å². The van der Waals surface area contributed by atoms with Gasteiger partial charge in [-0.3, -0.25) is 4.79 Å². The number of esters is 1. The maximum atomic E-state index is 11.6. The van der Waals surface area contributed by atoms with Gasteiger partial charge < -0.3 is 4.74 Å². The highest BCUT2D eigenvalue weighted by Gasteiger charge is 2.21. The molecule has 0 amide bonds. The molecule has 1 aliphatic rings. The van der Waals surface area contributed by atoms with Gasteiger partial charge in [0.1, 0.15) is 6.61 Å². The normalized spacial score (nSPS) is 14.6. The van der Waals surface area contributed by atoms with Crippen molar-refractivity contribution in [1.29, 1.82) is 0 Å². The minimum absolute atomic E-state index is 0.0784. The molecule has 2 nitrogen and oxygen atoms in total. The molecule has 0 heterocycles. The lowest BCUT2D eigenvalue weighted by Crippen LogP contribution is -2.04. The van der Waals surface area contributed by atoms with E-state index in [2.05, 4.69) is 43.3 Å². The van der Waals surface area contributed by atoms with Gasteiger partial charge in [-0.2, -0.15) is 0 Å². The average Bonchev–Trinajstić information content (AvgIpc) is 3.36. The predicted molar refractivity (Wildman–Crippen MR) is 90.6 cm³/mol. The van der Waals surface area contributed by atoms with Gasteiger partial charge in [-0.15, -0.1) is 0 Å². The lowest BCUT2D eigenvalue weighted by molar-refractivity contribution is -0.142. The van der Waals surface area contributed by atoms with Crippen molar-refractivity contribution in [2.45, 2.75) is 32.6 Å². The molecule has 2 aromatic carbocycles. The first-order valence-electron chi connectivity index (χ1n) is 8.04. The van der Waals surface area contributed by atoms with Crippen molar-refractivity contribution < 1.29 is 9.53 Å². The van der Waals surface area contributed by atoms with Crippen molar-refractivity contribution in [1.82, 2.24) is 0 Å². The van der Waals surface area contributed by atoms with Gasteiger partial charge in [0.15, 0.2) is 0 Å². The molecule has 114 valence electrons. The molecule has 0 unspecified atom stereocenters. The Balaban J connectivity index is 1.58. The molecule has 2 aromatic rings. The van der Waals surface area contributed by atoms with Crippen molar-refractivity contribution in [2.75, 3.05) is 6.61 Å². The molecule has 0 bridgehead atoms. The van der Waals surface area contributed by atoms with Crippen LogP contribution in [0.1, 0.15) is 36.8 Å². The fourth-order valence-corrected chi connectivity index (χ4v) is 2.74. The number of hydrogen-bond acceptors (Lipinski definition) is 2. The Morgan fingerprint density at radius 3 is 2.73 bits per heavy atom. The van der Waals surface area contributed by atoms with Gasteiger partial charge in [0.25, 0.3) is 0 Å². The van der Waals surface area contributed by atoms with Crippen LogP contribution in [-0.2, 0) is 9.53 Å². The third-order valence-corrected chi connectivity index (χ3v) is 4.27. The van der Waals surface area contributed by atoms with E-state index in [1.165, 1.54) is 29.2 Å². The third kappa shape index (κ3) is 3.76. The monoisotopic (exact) mass is 294 g/mol. The average molecular weight is 294 g/mol. The van der Waals surface area contributed by atoms with Gasteiger partial charge in [-0.1, -0.05) is 55.3 Å². The lowest BCUT2D eigenvalue weighted by Gasteiger charge is -2.05. The van der Waals surface area contributed by atoms with Crippen molar-refractivity contribution in [3.05, 3.63) is 53.6 Å². The summed E-state index contributed by atoms with van der Waals surface area (Å²) in [5.74, 6) is 0.701. The Bertz CT molecular complexity index is 696. The number of hydrogen-bond donors (Lipinski definition) is 0. The van der Waals surface area contributed by atoms with E-state index in [1.54, 1.807) is 0 Å². The van der Waals surface area contributed by atoms with E-state index >= 15 is 0 Å². The number of carbonyl (C=O) groups is 1. The topological polar surface area (TPSA) is 26.3 Å². The summed E-state index contributed by atoms with van der Waals surface area (Å²) in [7, 11) is 0. The molecule has 1 fully saturated rings. The summed E-state index contributed by atoms with van der Waals surface area (Å²) in [5, 5.41) is 2.50. The van der Waals surface area contributed by atoms with E-state index < -0.39 is 0 Å². The van der Waals surface area contributed by atoms with E-state index in [0.717, 1.165) is 17.9 Å². The molecule has 1 saturated carbocycles. The molecule has 22 heavy (non-hydrogen) atoms. The van der Waals surface area contributed by atoms with Crippen LogP contribution in [0.25, 0.3) is 16.8 Å². The number of ether oxygens (including phenoxy) is 1. The fraction of sp³-hybridized carbons (Fsp3) is 0.350. The highest BCUT2D eigenvalue weighted by Crippen LogP contribution is 2.33. The molecule has 0 aliphatic heterocycles. The van der Waals surface area contributed by atoms with E-state index in [-0.39, 0.29) is 5.97 Å². The maximum absolute atomic E-state index is 11.6. The minimum atomic E-state index is -0.0784. The Hall–Kier alpha value is -2.09. The number of carbonyl (C=O) groups excluding carboxylic acids is 1. The van der Waals surface area contributed by atoms with Gasteiger partial charge >= 0.3 is 5.97 Å². The van der Waals surface area contributed by atoms with Crippen molar-refractivity contribution in [3.63, 3.8) is 0 Å². The highest BCUT2D eigenvalue weighted by atomic mass is 16.5. The Morgan fingerprint density at radius 1 is 1.18 bits per heavy atom. The van der Waals surface area contributed by atoms with Gasteiger partial charge in [0.05, 0.1) is 0 Å². The number of rotatable bonds is 6. The van der Waals surface area contributed by atoms with Gasteiger partial charge in [0.2, 0.25) is 0 Å². The van der Waals surface area contributed by atoms with Crippen LogP contribution in [0.2, 0.25) is 0 Å². The second kappa shape index (κ2) is 6.78. The largest absolute Gasteiger partial charge is 0.461 e. The lowest BCUT2D eigenvalue weighted by atomic mass is 10.0. The molecule has 0 radical (unpaired) electrons. The van der Waals surface area contributed by atoms with Crippen LogP contribution < -0.4 is 0 Å². The summed E-state index contributed by atoms with van der Waals surface area (Å²) in [6, 6.07) is 12.6. The SMILES string of the molecule is Cc1ccc(/C=C/COC(=O)CCC2CC2)c2ccccc12. The van der Waals surface area contributed by atoms with Crippen molar-refractivity contribution in [3.8, 4) is 0 Å². The molecule has 0 N–H and O–H groups in total. The van der Waals surface area contributed by atoms with Crippen LogP contribution >= 0.6 is 0 Å². The van der Waals surface area contributed by atoms with Crippen LogP contribution in [-0.4, -0.2) is 12.6 Å². The van der Waals surface area contributed by atoms with Crippen molar-refractivity contribution >= 4 is 22.8 Å². The summed E-state index contributed by atoms with van der Waals surface area (Å²) in [6.45, 7) is 2.48. The molecular weight excluding hydrogens is 272 g/mol. The van der Waals surface area contributed by atoms with E-state index in [0.29, 0.717) is 13.0 Å². The van der Waals surface area contributed by atoms with E-state index in [4.69, 9.17) is 4.74 Å². The molecule has 2 heteroatoms. The molecule has 1 aliphatic carbocycles. The zero-order valence-corrected chi connectivity index (χ0v) is 13.0. The third-order valence-electron chi connectivity index (χ3n) is 4.27. The Morgan fingerprint density at radius 2 is 1.95 bits per heavy atom. The van der Waals surface area contributed by atoms with Gasteiger partial charge in [-0.25, -0.2) is 0 Å². The second-order valence-corrected chi connectivity index (χ2v) is 6.08. The standard InChI is InChI=1S/C20H22O2/c1-15-8-12-17(19-7-3-2-6-18(15)19)5-4-14-22-20(21)13-11-16-9-10-16/h2-8,12,16H,9-11,13-14H2,1H3/b5-4+. The summed E-state index contributed by atoms with van der Waals surface area (Å²) < 4.78 is 5.25. The van der Waals surface area contributed by atoms with Crippen LogP contribution in [0, 0.1) is 12.8 Å². The Kier molecular flexibility index (Phi) is 4.57. The quantitative estimate of drug-likeness (QED) is 0.709. The molecule has 0 spiro atoms. The zero-order valence-electron chi connectivity index (χ0n) is 13.0. The minimum Gasteiger partial charge on any atom is -0.461 e. The fourth-order valence-electron chi connectivity index (χ4n) is 2.74. The molecule has 0 atom stereocenters. The van der Waals surface area contributed by atoms with E-state index in [9.17, 15) is 4.79 Å². The highest BCUT2D eigenvalue weighted by molar-refractivity contribution is 5.92. The molecule has 0 saturated heterocycles. The van der Waals surface area contributed by atoms with Gasteiger partial charge in [0, 0.05) is 6.42 Å². The second-order valence-electron chi connectivity index (χ2n) is 6.08. The number of fused-ring (bicyclic) bond motifs is 1. The van der Waals surface area contributed by atoms with Crippen LogP contribution in [0.4, 0.5) is 0 Å². The first kappa shape index (κ1) is 14.8. The van der Waals surface area contributed by atoms with Crippen LogP contribution in [0.15, 0.2) is 42.5 Å². The van der Waals surface area contributed by atoms with Crippen LogP contribution in [0.3, 0.4) is 0 Å². The number of aryl methyl sites for hydroxylation is 1.